The van der Waals surface area contributed by atoms with Gasteiger partial charge in [0, 0.05) is 32.8 Å². The highest BCUT2D eigenvalue weighted by molar-refractivity contribution is 7.18. The van der Waals surface area contributed by atoms with Crippen molar-refractivity contribution in [1.82, 2.24) is 14.5 Å². The molecule has 240 valence electrons. The first-order valence-electron chi connectivity index (χ1n) is 14.3. The van der Waals surface area contributed by atoms with E-state index in [4.69, 9.17) is 21.1 Å². The third-order valence-electron chi connectivity index (χ3n) is 7.83. The van der Waals surface area contributed by atoms with E-state index < -0.39 is 23.3 Å². The second-order valence-corrected chi connectivity index (χ2v) is 12.1. The summed E-state index contributed by atoms with van der Waals surface area (Å²) in [5, 5.41) is 21.5. The van der Waals surface area contributed by atoms with Crippen LogP contribution in [0.2, 0.25) is 5.02 Å². The summed E-state index contributed by atoms with van der Waals surface area (Å²) in [6.45, 7) is 3.42. The Morgan fingerprint density at radius 2 is 2.00 bits per heavy atom. The van der Waals surface area contributed by atoms with E-state index in [1.54, 1.807) is 31.2 Å². The number of carboxylic acid groups (broad SMARTS) is 1. The van der Waals surface area contributed by atoms with Crippen LogP contribution in [0.1, 0.15) is 45.0 Å². The highest BCUT2D eigenvalue weighted by Gasteiger charge is 2.37. The van der Waals surface area contributed by atoms with Gasteiger partial charge in [-0.25, -0.2) is 9.78 Å². The standard InChI is InChI=1S/C33H24ClF3N4O5S/c1-16-11-21(30-29(39-16)23(15-47-30)32(43)44)20-12-19(34)3-4-26(20)46-10-7-41-17(2)40-25-13-24(33(35,36)37)27(18-5-8-45-9-6-18)22(14-38)28(25)31(41)42/h3-5,11-13,15H,6-10H2,1-2H3,(H,43,44). The van der Waals surface area contributed by atoms with Crippen LogP contribution in [0.5, 0.6) is 5.75 Å². The molecule has 0 amide bonds. The summed E-state index contributed by atoms with van der Waals surface area (Å²) in [6.07, 6.45) is -3.14. The lowest BCUT2D eigenvalue weighted by Gasteiger charge is -2.21. The van der Waals surface area contributed by atoms with E-state index in [9.17, 15) is 33.1 Å². The Bertz CT molecular complexity index is 2240. The molecule has 0 fully saturated rings. The molecule has 14 heteroatoms. The average Bonchev–Trinajstić information content (AvgIpc) is 3.46. The van der Waals surface area contributed by atoms with E-state index in [0.717, 1.165) is 6.07 Å². The Morgan fingerprint density at radius 1 is 1.21 bits per heavy atom. The molecule has 6 rings (SSSR count). The number of carboxylic acids is 1. The quantitative estimate of drug-likeness (QED) is 0.188. The van der Waals surface area contributed by atoms with Gasteiger partial charge in [0.1, 0.15) is 24.3 Å². The normalized spacial score (nSPS) is 13.5. The zero-order valence-electron chi connectivity index (χ0n) is 24.9. The van der Waals surface area contributed by atoms with Crippen molar-refractivity contribution in [2.24, 2.45) is 0 Å². The summed E-state index contributed by atoms with van der Waals surface area (Å²) >= 11 is 7.58. The molecule has 1 N–H and O–H groups in total. The number of rotatable bonds is 7. The van der Waals surface area contributed by atoms with Gasteiger partial charge in [0.25, 0.3) is 5.56 Å². The maximum Gasteiger partial charge on any atom is 0.417 e. The first-order valence-corrected chi connectivity index (χ1v) is 15.5. The number of aromatic nitrogens is 3. The van der Waals surface area contributed by atoms with E-state index in [1.165, 1.54) is 34.3 Å². The van der Waals surface area contributed by atoms with Gasteiger partial charge >= 0.3 is 12.1 Å². The number of aryl methyl sites for hydroxylation is 2. The number of hydrogen-bond acceptors (Lipinski definition) is 8. The fourth-order valence-corrected chi connectivity index (χ4v) is 6.93. The molecule has 3 aromatic heterocycles. The Balaban J connectivity index is 1.40. The number of halogens is 4. The lowest BCUT2D eigenvalue weighted by atomic mass is 9.89. The zero-order valence-corrected chi connectivity index (χ0v) is 26.4. The van der Waals surface area contributed by atoms with Gasteiger partial charge in [-0.15, -0.1) is 11.3 Å². The molecule has 47 heavy (non-hydrogen) atoms. The monoisotopic (exact) mass is 680 g/mol. The van der Waals surface area contributed by atoms with Gasteiger partial charge in [-0.2, -0.15) is 18.4 Å². The molecule has 1 aliphatic rings. The van der Waals surface area contributed by atoms with E-state index in [1.807, 2.05) is 6.07 Å². The highest BCUT2D eigenvalue weighted by atomic mass is 35.5. The van der Waals surface area contributed by atoms with Crippen LogP contribution in [0.15, 0.2) is 46.6 Å². The first-order chi connectivity index (χ1) is 22.4. The molecule has 0 spiro atoms. The fourth-order valence-electron chi connectivity index (χ4n) is 5.75. The smallest absolute Gasteiger partial charge is 0.417 e. The van der Waals surface area contributed by atoms with Gasteiger partial charge < -0.3 is 14.6 Å². The number of carbonyl (C=O) groups is 1. The molecule has 9 nitrogen and oxygen atoms in total. The van der Waals surface area contributed by atoms with Crippen LogP contribution in [0.4, 0.5) is 13.2 Å². The van der Waals surface area contributed by atoms with Crippen LogP contribution in [0.3, 0.4) is 0 Å². The van der Waals surface area contributed by atoms with Crippen molar-refractivity contribution in [2.75, 3.05) is 19.8 Å². The number of fused-ring (bicyclic) bond motifs is 2. The molecule has 0 atom stereocenters. The molecule has 0 saturated carbocycles. The van der Waals surface area contributed by atoms with Crippen molar-refractivity contribution in [3.8, 4) is 22.9 Å². The number of aromatic carboxylic acids is 1. The zero-order chi connectivity index (χ0) is 33.6. The van der Waals surface area contributed by atoms with Gasteiger partial charge in [-0.3, -0.25) is 14.3 Å². The summed E-state index contributed by atoms with van der Waals surface area (Å²) in [4.78, 5) is 34.4. The van der Waals surface area contributed by atoms with Crippen LogP contribution in [-0.4, -0.2) is 45.4 Å². The maximum atomic E-state index is 14.2. The topological polar surface area (TPSA) is 127 Å². The van der Waals surface area contributed by atoms with Gasteiger partial charge in [0.2, 0.25) is 0 Å². The Hall–Kier alpha value is -4.77. The third-order valence-corrected chi connectivity index (χ3v) is 9.06. The Labute approximate surface area is 274 Å². The molecular formula is C33H24ClF3N4O5S. The molecule has 5 aromatic rings. The number of ether oxygens (including phenoxy) is 2. The maximum absolute atomic E-state index is 14.2. The van der Waals surface area contributed by atoms with Crippen molar-refractivity contribution < 1.29 is 32.5 Å². The number of thiophene rings is 1. The van der Waals surface area contributed by atoms with Crippen LogP contribution >= 0.6 is 22.9 Å². The summed E-state index contributed by atoms with van der Waals surface area (Å²) in [5.41, 5.74) is -0.106. The average molecular weight is 681 g/mol. The van der Waals surface area contributed by atoms with Gasteiger partial charge in [-0.05, 0) is 56.2 Å². The fraction of sp³-hybridized carbons (Fsp3) is 0.242. The third kappa shape index (κ3) is 5.95. The van der Waals surface area contributed by atoms with E-state index in [0.29, 0.717) is 37.8 Å². The second-order valence-electron chi connectivity index (χ2n) is 10.8. The minimum Gasteiger partial charge on any atom is -0.491 e. The number of benzene rings is 2. The Kier molecular flexibility index (Phi) is 8.52. The number of hydrogen-bond donors (Lipinski definition) is 1. The second kappa shape index (κ2) is 12.4. The van der Waals surface area contributed by atoms with Gasteiger partial charge in [-0.1, -0.05) is 17.7 Å². The van der Waals surface area contributed by atoms with E-state index in [2.05, 4.69) is 9.97 Å². The molecule has 0 bridgehead atoms. The number of alkyl halides is 3. The SMILES string of the molecule is Cc1cc(-c2cc(Cl)ccc2OCCn2c(C)nc3cc(C(F)(F)F)c(C4=CCOCC4)c(C#N)c3c2=O)c2scc(C(=O)O)c2n1. The molecule has 0 radical (unpaired) electrons. The van der Waals surface area contributed by atoms with Gasteiger partial charge in [0.15, 0.2) is 0 Å². The molecule has 0 aliphatic carbocycles. The first kappa shape index (κ1) is 32.2. The van der Waals surface area contributed by atoms with Gasteiger partial charge in [0.05, 0.1) is 57.6 Å². The van der Waals surface area contributed by atoms with E-state index >= 15 is 0 Å². The summed E-state index contributed by atoms with van der Waals surface area (Å²) in [5.74, 6) is -0.561. The minimum absolute atomic E-state index is 0.0413. The minimum atomic E-state index is -4.79. The van der Waals surface area contributed by atoms with Crippen LogP contribution < -0.4 is 10.3 Å². The van der Waals surface area contributed by atoms with Crippen molar-refractivity contribution in [1.29, 1.82) is 5.26 Å². The van der Waals surface area contributed by atoms with Crippen molar-refractivity contribution in [2.45, 2.75) is 33.0 Å². The number of nitriles is 1. The van der Waals surface area contributed by atoms with Crippen LogP contribution in [0.25, 0.3) is 37.8 Å². The van der Waals surface area contributed by atoms with Crippen molar-refractivity contribution >= 4 is 55.6 Å². The lowest BCUT2D eigenvalue weighted by molar-refractivity contribution is -0.137. The summed E-state index contributed by atoms with van der Waals surface area (Å²) < 4.78 is 56.0. The van der Waals surface area contributed by atoms with Crippen LogP contribution in [0, 0.1) is 25.2 Å². The molecular weight excluding hydrogens is 657 g/mol. The predicted molar refractivity (Wildman–Crippen MR) is 171 cm³/mol. The molecule has 0 unspecified atom stereocenters. The van der Waals surface area contributed by atoms with Crippen LogP contribution in [-0.2, 0) is 17.5 Å². The molecule has 4 heterocycles. The summed E-state index contributed by atoms with van der Waals surface area (Å²) in [7, 11) is 0. The largest absolute Gasteiger partial charge is 0.491 e. The predicted octanol–water partition coefficient (Wildman–Crippen LogP) is 7.41. The lowest BCUT2D eigenvalue weighted by Crippen LogP contribution is -2.28. The number of pyridine rings is 1. The Morgan fingerprint density at radius 3 is 2.68 bits per heavy atom. The molecule has 1 aliphatic heterocycles. The molecule has 0 saturated heterocycles. The summed E-state index contributed by atoms with van der Waals surface area (Å²) in [6, 6.07) is 9.45. The molecule has 2 aromatic carbocycles. The number of nitrogens with zero attached hydrogens (tertiary/aromatic N) is 4. The highest BCUT2D eigenvalue weighted by Crippen LogP contribution is 2.42. The van der Waals surface area contributed by atoms with Crippen molar-refractivity contribution in [3.05, 3.63) is 90.9 Å². The van der Waals surface area contributed by atoms with Crippen molar-refractivity contribution in [3.63, 3.8) is 0 Å². The van der Waals surface area contributed by atoms with E-state index in [-0.39, 0.29) is 71.8 Å².